The predicted molar refractivity (Wildman–Crippen MR) is 88.2 cm³/mol. The lowest BCUT2D eigenvalue weighted by atomic mass is 9.90. The van der Waals surface area contributed by atoms with E-state index < -0.39 is 17.6 Å². The number of carbonyl (C=O) groups is 2. The van der Waals surface area contributed by atoms with Crippen LogP contribution in [0.3, 0.4) is 0 Å². The molecule has 7 nitrogen and oxygen atoms in total. The second kappa shape index (κ2) is 7.44. The van der Waals surface area contributed by atoms with Crippen LogP contribution in [0.25, 0.3) is 0 Å². The van der Waals surface area contributed by atoms with Gasteiger partial charge in [0.1, 0.15) is 5.92 Å². The monoisotopic (exact) mass is 333 g/mol. The Labute approximate surface area is 141 Å². The molecule has 7 heteroatoms. The van der Waals surface area contributed by atoms with Gasteiger partial charge in [-0.05, 0) is 26.8 Å². The molecule has 1 aliphatic carbocycles. The molecule has 0 saturated heterocycles. The Bertz CT molecular complexity index is 677. The van der Waals surface area contributed by atoms with Crippen molar-refractivity contribution in [1.29, 1.82) is 0 Å². The van der Waals surface area contributed by atoms with Crippen LogP contribution in [0.2, 0.25) is 0 Å². The topological polar surface area (TPSA) is 82.5 Å². The summed E-state index contributed by atoms with van der Waals surface area (Å²) in [5, 5.41) is 7.01. The summed E-state index contributed by atoms with van der Waals surface area (Å²) in [4.78, 5) is 25.0. The fourth-order valence-electron chi connectivity index (χ4n) is 2.71. The van der Waals surface area contributed by atoms with Crippen molar-refractivity contribution in [2.45, 2.75) is 26.5 Å². The van der Waals surface area contributed by atoms with Gasteiger partial charge in [0.2, 0.25) is 0 Å². The number of aromatic nitrogens is 2. The zero-order valence-corrected chi connectivity index (χ0v) is 14.4. The summed E-state index contributed by atoms with van der Waals surface area (Å²) in [6, 6.07) is 0. The molecule has 1 aromatic heterocycles. The Hall–Kier alpha value is -2.41. The van der Waals surface area contributed by atoms with E-state index in [0.29, 0.717) is 17.9 Å². The van der Waals surface area contributed by atoms with Gasteiger partial charge in [-0.1, -0.05) is 18.2 Å². The third-order valence-corrected chi connectivity index (χ3v) is 3.71. The van der Waals surface area contributed by atoms with Crippen LogP contribution >= 0.6 is 0 Å². The fraction of sp³-hybridized carbons (Fsp3) is 0.471. The van der Waals surface area contributed by atoms with Gasteiger partial charge in [-0.15, -0.1) is 0 Å². The van der Waals surface area contributed by atoms with Crippen LogP contribution in [-0.2, 0) is 21.3 Å². The Morgan fingerprint density at radius 2 is 2.08 bits per heavy atom. The highest BCUT2D eigenvalue weighted by atomic mass is 16.5. The molecular formula is C17H23N3O4. The van der Waals surface area contributed by atoms with E-state index in [9.17, 15) is 9.59 Å². The first-order chi connectivity index (χ1) is 11.4. The van der Waals surface area contributed by atoms with E-state index >= 15 is 0 Å². The Balaban J connectivity index is 2.33. The lowest BCUT2D eigenvalue weighted by Crippen LogP contribution is -2.57. The predicted octanol–water partition coefficient (Wildman–Crippen LogP) is 1.50. The molecule has 0 aromatic carbocycles. The number of allylic oxidation sites excluding steroid dienone is 2. The number of ether oxygens (including phenoxy) is 2. The third-order valence-electron chi connectivity index (χ3n) is 3.71. The first kappa shape index (κ1) is 17.9. The van der Waals surface area contributed by atoms with Crippen molar-refractivity contribution in [3.63, 3.8) is 0 Å². The van der Waals surface area contributed by atoms with Crippen LogP contribution in [0.15, 0.2) is 30.5 Å². The largest absolute Gasteiger partial charge is 0.465 e. The van der Waals surface area contributed by atoms with Gasteiger partial charge < -0.3 is 14.8 Å². The summed E-state index contributed by atoms with van der Waals surface area (Å²) in [5.41, 5.74) is -0.249. The van der Waals surface area contributed by atoms with Gasteiger partial charge in [-0.3, -0.25) is 14.3 Å². The number of esters is 1. The summed E-state index contributed by atoms with van der Waals surface area (Å²) in [6.07, 6.45) is 8.44. The third kappa shape index (κ3) is 3.56. The van der Waals surface area contributed by atoms with Gasteiger partial charge in [-0.2, -0.15) is 5.10 Å². The van der Waals surface area contributed by atoms with Crippen molar-refractivity contribution in [2.24, 2.45) is 13.0 Å². The smallest absolute Gasteiger partial charge is 0.318 e. The lowest BCUT2D eigenvalue weighted by Gasteiger charge is -2.37. The second-order valence-electron chi connectivity index (χ2n) is 5.46. The first-order valence-corrected chi connectivity index (χ1v) is 7.93. The van der Waals surface area contributed by atoms with E-state index in [-0.39, 0.29) is 12.5 Å². The molecule has 1 amide bonds. The van der Waals surface area contributed by atoms with Crippen LogP contribution < -0.4 is 5.32 Å². The van der Waals surface area contributed by atoms with Crippen LogP contribution in [0.4, 0.5) is 0 Å². The molecule has 0 radical (unpaired) electrons. The molecule has 2 unspecified atom stereocenters. The number of nitrogens with zero attached hydrogens (tertiary/aromatic N) is 2. The van der Waals surface area contributed by atoms with Crippen molar-refractivity contribution < 1.29 is 19.1 Å². The number of hydrogen-bond donors (Lipinski definition) is 1. The Morgan fingerprint density at radius 3 is 2.67 bits per heavy atom. The maximum atomic E-state index is 12.7. The van der Waals surface area contributed by atoms with E-state index in [1.165, 1.54) is 0 Å². The van der Waals surface area contributed by atoms with Crippen molar-refractivity contribution in [3.8, 4) is 0 Å². The van der Waals surface area contributed by atoms with E-state index in [1.54, 1.807) is 63.0 Å². The van der Waals surface area contributed by atoms with Crippen molar-refractivity contribution in [3.05, 3.63) is 41.8 Å². The zero-order chi connectivity index (χ0) is 17.7. The normalized spacial score (nSPS) is 22.4. The standard InChI is InChI=1S/C17H23N3O4/c1-5-23-16(22)14-9-7-8-10-17(14,24-6-2)18-15(21)13-11-20(4)19-12(13)3/h7-11,14H,5-6H2,1-4H3,(H,18,21). The summed E-state index contributed by atoms with van der Waals surface area (Å²) in [7, 11) is 1.74. The average Bonchev–Trinajstić information content (AvgIpc) is 2.87. The number of hydrogen-bond acceptors (Lipinski definition) is 5. The molecule has 0 saturated carbocycles. The van der Waals surface area contributed by atoms with Gasteiger partial charge in [0.05, 0.1) is 17.9 Å². The van der Waals surface area contributed by atoms with Gasteiger partial charge in [0.15, 0.2) is 5.72 Å². The lowest BCUT2D eigenvalue weighted by molar-refractivity contribution is -0.157. The van der Waals surface area contributed by atoms with Crippen molar-refractivity contribution in [1.82, 2.24) is 15.1 Å². The minimum absolute atomic E-state index is 0.255. The SMILES string of the molecule is CCOC(=O)C1C=CC=CC1(NC(=O)c1cn(C)nc1C)OCC. The van der Waals surface area contributed by atoms with Crippen LogP contribution in [0.1, 0.15) is 29.9 Å². The summed E-state index contributed by atoms with van der Waals surface area (Å²) in [6.45, 7) is 5.87. The molecular weight excluding hydrogens is 310 g/mol. The van der Waals surface area contributed by atoms with Crippen molar-refractivity contribution >= 4 is 11.9 Å². The molecule has 0 fully saturated rings. The quantitative estimate of drug-likeness (QED) is 0.630. The van der Waals surface area contributed by atoms with E-state index in [2.05, 4.69) is 10.4 Å². The molecule has 130 valence electrons. The minimum Gasteiger partial charge on any atom is -0.465 e. The van der Waals surface area contributed by atoms with E-state index in [4.69, 9.17) is 9.47 Å². The minimum atomic E-state index is -1.28. The number of nitrogens with one attached hydrogen (secondary N) is 1. The highest BCUT2D eigenvalue weighted by Crippen LogP contribution is 2.28. The van der Waals surface area contributed by atoms with Gasteiger partial charge >= 0.3 is 5.97 Å². The number of amides is 1. The Kier molecular flexibility index (Phi) is 5.56. The molecule has 0 spiro atoms. The van der Waals surface area contributed by atoms with Crippen LogP contribution in [0, 0.1) is 12.8 Å². The molecule has 1 aromatic rings. The second-order valence-corrected chi connectivity index (χ2v) is 5.46. The molecule has 1 N–H and O–H groups in total. The number of carbonyl (C=O) groups excluding carboxylic acids is 2. The van der Waals surface area contributed by atoms with Crippen LogP contribution in [-0.4, -0.2) is 40.6 Å². The summed E-state index contributed by atoms with van der Waals surface area (Å²) < 4.78 is 12.5. The maximum absolute atomic E-state index is 12.7. The highest BCUT2D eigenvalue weighted by Gasteiger charge is 2.44. The molecule has 0 aliphatic heterocycles. The van der Waals surface area contributed by atoms with Crippen molar-refractivity contribution in [2.75, 3.05) is 13.2 Å². The van der Waals surface area contributed by atoms with Crippen LogP contribution in [0.5, 0.6) is 0 Å². The molecule has 2 atom stereocenters. The maximum Gasteiger partial charge on any atom is 0.318 e. The Morgan fingerprint density at radius 1 is 1.33 bits per heavy atom. The first-order valence-electron chi connectivity index (χ1n) is 7.93. The summed E-state index contributed by atoms with van der Waals surface area (Å²) in [5.74, 6) is -1.57. The fourth-order valence-corrected chi connectivity index (χ4v) is 2.71. The average molecular weight is 333 g/mol. The van der Waals surface area contributed by atoms with Gasteiger partial charge in [0.25, 0.3) is 5.91 Å². The zero-order valence-electron chi connectivity index (χ0n) is 14.4. The molecule has 24 heavy (non-hydrogen) atoms. The van der Waals surface area contributed by atoms with E-state index in [1.807, 2.05) is 0 Å². The van der Waals surface area contributed by atoms with Gasteiger partial charge in [-0.25, -0.2) is 0 Å². The molecule has 1 aliphatic rings. The number of rotatable bonds is 6. The van der Waals surface area contributed by atoms with E-state index in [0.717, 1.165) is 0 Å². The molecule has 2 rings (SSSR count). The summed E-state index contributed by atoms with van der Waals surface area (Å²) >= 11 is 0. The highest BCUT2D eigenvalue weighted by molar-refractivity contribution is 5.96. The molecule has 0 bridgehead atoms. The number of aryl methyl sites for hydroxylation is 2. The van der Waals surface area contributed by atoms with Gasteiger partial charge in [0, 0.05) is 19.9 Å². The molecule has 1 heterocycles.